The Labute approximate surface area is 203 Å². The highest BCUT2D eigenvalue weighted by Crippen LogP contribution is 2.43. The molecule has 0 aromatic rings. The van der Waals surface area contributed by atoms with Crippen molar-refractivity contribution in [2.45, 2.75) is 125 Å². The molecule has 0 aromatic heterocycles. The van der Waals surface area contributed by atoms with E-state index in [1.54, 1.807) is 0 Å². The second-order valence-electron chi connectivity index (χ2n) is 12.9. The van der Waals surface area contributed by atoms with Crippen molar-refractivity contribution in [3.05, 3.63) is 0 Å². The molecule has 4 unspecified atom stereocenters. The van der Waals surface area contributed by atoms with Crippen molar-refractivity contribution >= 4 is 11.9 Å². The summed E-state index contributed by atoms with van der Waals surface area (Å²) in [6.45, 7) is 15.0. The van der Waals surface area contributed by atoms with Gasteiger partial charge < -0.3 is 9.47 Å². The second kappa shape index (κ2) is 13.1. The van der Waals surface area contributed by atoms with Crippen LogP contribution in [0.3, 0.4) is 0 Å². The fourth-order valence-corrected chi connectivity index (χ4v) is 6.36. The summed E-state index contributed by atoms with van der Waals surface area (Å²) >= 11 is 0. The smallest absolute Gasteiger partial charge is 0.317 e. The molecule has 2 saturated carbocycles. The number of rotatable bonds is 12. The van der Waals surface area contributed by atoms with Crippen LogP contribution in [-0.4, -0.2) is 25.2 Å². The normalized spacial score (nSPS) is 26.2. The molecule has 2 aliphatic carbocycles. The Morgan fingerprint density at radius 3 is 1.52 bits per heavy atom. The van der Waals surface area contributed by atoms with E-state index in [9.17, 15) is 9.59 Å². The molecular weight excluding hydrogens is 412 g/mol. The molecule has 0 radical (unpaired) electrons. The van der Waals surface area contributed by atoms with Gasteiger partial charge in [0.05, 0.1) is 13.2 Å². The maximum Gasteiger partial charge on any atom is 0.317 e. The van der Waals surface area contributed by atoms with Crippen LogP contribution in [0.5, 0.6) is 0 Å². The maximum absolute atomic E-state index is 12.0. The maximum atomic E-state index is 12.0. The van der Waals surface area contributed by atoms with Gasteiger partial charge in [0.15, 0.2) is 0 Å². The molecule has 0 bridgehead atoms. The topological polar surface area (TPSA) is 52.6 Å². The Bertz CT molecular complexity index is 557. The van der Waals surface area contributed by atoms with Gasteiger partial charge in [-0.3, -0.25) is 9.59 Å². The monoisotopic (exact) mass is 464 g/mol. The zero-order valence-corrected chi connectivity index (χ0v) is 22.5. The molecule has 0 N–H and O–H groups in total. The molecule has 2 fully saturated rings. The molecule has 4 heteroatoms. The van der Waals surface area contributed by atoms with Gasteiger partial charge in [-0.25, -0.2) is 0 Å². The number of hydrogen-bond acceptors (Lipinski definition) is 4. The lowest BCUT2D eigenvalue weighted by Gasteiger charge is -2.38. The summed E-state index contributed by atoms with van der Waals surface area (Å²) in [5, 5.41) is 0. The highest BCUT2D eigenvalue weighted by Gasteiger charge is 2.31. The molecule has 0 aliphatic heterocycles. The molecule has 0 amide bonds. The van der Waals surface area contributed by atoms with E-state index in [2.05, 4.69) is 41.5 Å². The molecule has 2 aliphatic rings. The minimum atomic E-state index is -0.454. The predicted octanol–water partition coefficient (Wildman–Crippen LogP) is 7.73. The standard InChI is InChI=1S/C29H52O4/c1-22(24-13-7-15-28(3,4)20-24)11-9-17-32-26(30)19-27(31)33-18-10-12-23(2)25-14-8-16-29(5,6)21-25/h22-25H,7-21H2,1-6H3. The summed E-state index contributed by atoms with van der Waals surface area (Å²) in [5.41, 5.74) is 0.934. The highest BCUT2D eigenvalue weighted by atomic mass is 16.6. The van der Waals surface area contributed by atoms with Gasteiger partial charge in [0, 0.05) is 0 Å². The van der Waals surface area contributed by atoms with Crippen LogP contribution in [0.2, 0.25) is 0 Å². The average molecular weight is 465 g/mol. The summed E-state index contributed by atoms with van der Waals surface area (Å²) in [4.78, 5) is 23.9. The third-order valence-corrected chi connectivity index (χ3v) is 8.52. The lowest BCUT2D eigenvalue weighted by Crippen LogP contribution is -2.27. The highest BCUT2D eigenvalue weighted by molar-refractivity contribution is 5.91. The Morgan fingerprint density at radius 1 is 0.758 bits per heavy atom. The molecule has 2 rings (SSSR count). The third kappa shape index (κ3) is 10.8. The summed E-state index contributed by atoms with van der Waals surface area (Å²) in [6.07, 6.45) is 14.2. The minimum Gasteiger partial charge on any atom is -0.465 e. The summed E-state index contributed by atoms with van der Waals surface area (Å²) in [6, 6.07) is 0. The van der Waals surface area contributed by atoms with Gasteiger partial charge in [-0.2, -0.15) is 0 Å². The van der Waals surface area contributed by atoms with E-state index in [1.807, 2.05) is 0 Å². The fourth-order valence-electron chi connectivity index (χ4n) is 6.36. The molecule has 4 nitrogen and oxygen atoms in total. The van der Waals surface area contributed by atoms with E-state index in [4.69, 9.17) is 9.47 Å². The Kier molecular flexibility index (Phi) is 11.2. The van der Waals surface area contributed by atoms with Crippen LogP contribution in [-0.2, 0) is 19.1 Å². The first-order valence-electron chi connectivity index (χ1n) is 13.8. The van der Waals surface area contributed by atoms with Crippen LogP contribution < -0.4 is 0 Å². The van der Waals surface area contributed by atoms with Crippen molar-refractivity contribution in [3.63, 3.8) is 0 Å². The van der Waals surface area contributed by atoms with E-state index in [0.717, 1.165) is 37.5 Å². The predicted molar refractivity (Wildman–Crippen MR) is 135 cm³/mol. The van der Waals surface area contributed by atoms with E-state index in [0.29, 0.717) is 35.9 Å². The number of carbonyl (C=O) groups excluding carboxylic acids is 2. The van der Waals surface area contributed by atoms with Crippen LogP contribution in [0.15, 0.2) is 0 Å². The van der Waals surface area contributed by atoms with Gasteiger partial charge in [-0.15, -0.1) is 0 Å². The summed E-state index contributed by atoms with van der Waals surface area (Å²) in [5.74, 6) is 1.98. The van der Waals surface area contributed by atoms with E-state index < -0.39 is 11.9 Å². The van der Waals surface area contributed by atoms with E-state index in [-0.39, 0.29) is 6.42 Å². The molecule has 0 aromatic carbocycles. The largest absolute Gasteiger partial charge is 0.465 e. The van der Waals surface area contributed by atoms with Gasteiger partial charge in [0.2, 0.25) is 0 Å². The van der Waals surface area contributed by atoms with Crippen molar-refractivity contribution in [2.24, 2.45) is 34.5 Å². The van der Waals surface area contributed by atoms with Crippen LogP contribution >= 0.6 is 0 Å². The van der Waals surface area contributed by atoms with Gasteiger partial charge in [0.25, 0.3) is 0 Å². The second-order valence-corrected chi connectivity index (χ2v) is 12.9. The van der Waals surface area contributed by atoms with Gasteiger partial charge >= 0.3 is 11.9 Å². The van der Waals surface area contributed by atoms with Crippen LogP contribution in [0.4, 0.5) is 0 Å². The van der Waals surface area contributed by atoms with Crippen LogP contribution in [0.25, 0.3) is 0 Å². The molecule has 0 spiro atoms. The molecule has 33 heavy (non-hydrogen) atoms. The quantitative estimate of drug-likeness (QED) is 0.168. The first-order chi connectivity index (χ1) is 15.5. The first kappa shape index (κ1) is 28.2. The number of ether oxygens (including phenoxy) is 2. The molecule has 4 atom stereocenters. The minimum absolute atomic E-state index is 0.265. The van der Waals surface area contributed by atoms with Gasteiger partial charge in [-0.05, 0) is 85.9 Å². The van der Waals surface area contributed by atoms with Crippen LogP contribution in [0, 0.1) is 34.5 Å². The summed E-state index contributed by atoms with van der Waals surface area (Å²) in [7, 11) is 0. The van der Waals surface area contributed by atoms with Crippen molar-refractivity contribution in [1.82, 2.24) is 0 Å². The molecule has 192 valence electrons. The number of esters is 2. The van der Waals surface area contributed by atoms with Crippen LogP contribution in [0.1, 0.15) is 125 Å². The fraction of sp³-hybridized carbons (Fsp3) is 0.931. The first-order valence-corrected chi connectivity index (χ1v) is 13.8. The van der Waals surface area contributed by atoms with Crippen molar-refractivity contribution in [3.8, 4) is 0 Å². The Morgan fingerprint density at radius 2 is 1.15 bits per heavy atom. The number of hydrogen-bond donors (Lipinski definition) is 0. The molecule has 0 heterocycles. The summed E-state index contributed by atoms with van der Waals surface area (Å²) < 4.78 is 10.6. The SMILES string of the molecule is CC(CCCOC(=O)CC(=O)OCCCC(C)C1CCCC(C)(C)C1)C1CCCC(C)(C)C1. The van der Waals surface area contributed by atoms with E-state index >= 15 is 0 Å². The van der Waals surface area contributed by atoms with Gasteiger partial charge in [-0.1, -0.05) is 67.2 Å². The van der Waals surface area contributed by atoms with Crippen molar-refractivity contribution in [1.29, 1.82) is 0 Å². The average Bonchev–Trinajstić information content (AvgIpc) is 2.72. The third-order valence-electron chi connectivity index (χ3n) is 8.52. The lowest BCUT2D eigenvalue weighted by molar-refractivity contribution is -0.154. The van der Waals surface area contributed by atoms with E-state index in [1.165, 1.54) is 51.4 Å². The Balaban J connectivity index is 1.51. The zero-order chi connectivity index (χ0) is 24.5. The van der Waals surface area contributed by atoms with Crippen molar-refractivity contribution in [2.75, 3.05) is 13.2 Å². The molecular formula is C29H52O4. The number of carbonyl (C=O) groups is 2. The van der Waals surface area contributed by atoms with Gasteiger partial charge in [0.1, 0.15) is 6.42 Å². The molecule has 0 saturated heterocycles. The zero-order valence-electron chi connectivity index (χ0n) is 22.5. The van der Waals surface area contributed by atoms with Crippen molar-refractivity contribution < 1.29 is 19.1 Å². The lowest BCUT2D eigenvalue weighted by atomic mass is 9.68. The Hall–Kier alpha value is -1.06.